The predicted molar refractivity (Wildman–Crippen MR) is 110 cm³/mol. The third-order valence-corrected chi connectivity index (χ3v) is 4.02. The van der Waals surface area contributed by atoms with Crippen LogP contribution >= 0.6 is 0 Å². The number of rotatable bonds is 11. The first kappa shape index (κ1) is 23.7. The summed E-state index contributed by atoms with van der Waals surface area (Å²) in [6.45, 7) is 3.41. The van der Waals surface area contributed by atoms with Gasteiger partial charge in [0, 0.05) is 10.8 Å². The maximum absolute atomic E-state index is 11.7. The van der Waals surface area contributed by atoms with E-state index in [9.17, 15) is 14.8 Å². The number of nitrogens with one attached hydrogen (secondary N) is 1. The summed E-state index contributed by atoms with van der Waals surface area (Å²) in [5, 5.41) is 9.60. The molecule has 1 aromatic carbocycles. The van der Waals surface area contributed by atoms with Gasteiger partial charge < -0.3 is 18.9 Å². The lowest BCUT2D eigenvalue weighted by molar-refractivity contribution is -0.720. The van der Waals surface area contributed by atoms with E-state index in [-0.39, 0.29) is 37.9 Å². The van der Waals surface area contributed by atoms with Crippen molar-refractivity contribution in [2.24, 2.45) is 0 Å². The van der Waals surface area contributed by atoms with Crippen LogP contribution in [0.5, 0.6) is 5.75 Å². The van der Waals surface area contributed by atoms with Gasteiger partial charge in [-0.15, -0.1) is 0 Å². The predicted octanol–water partition coefficient (Wildman–Crippen LogP) is 2.50. The maximum Gasteiger partial charge on any atom is 0.344 e. The summed E-state index contributed by atoms with van der Waals surface area (Å²) < 4.78 is 22.3. The molecule has 0 saturated heterocycles. The maximum atomic E-state index is 11.7. The van der Waals surface area contributed by atoms with E-state index in [1.165, 1.54) is 11.8 Å². The molecular weight excluding hydrogens is 408 g/mol. The molecule has 0 aliphatic heterocycles. The van der Waals surface area contributed by atoms with E-state index >= 15 is 0 Å². The summed E-state index contributed by atoms with van der Waals surface area (Å²) >= 11 is 0. The highest BCUT2D eigenvalue weighted by molar-refractivity contribution is 5.95. The Morgan fingerprint density at radius 1 is 1.10 bits per heavy atom. The van der Waals surface area contributed by atoms with Gasteiger partial charge in [-0.1, -0.05) is 12.1 Å². The van der Waals surface area contributed by atoms with Gasteiger partial charge in [-0.3, -0.25) is 15.5 Å². The van der Waals surface area contributed by atoms with Gasteiger partial charge in [-0.05, 0) is 32.1 Å². The van der Waals surface area contributed by atoms with Crippen molar-refractivity contribution in [3.05, 3.63) is 42.2 Å². The normalized spacial score (nSPS) is 14.3. The Morgan fingerprint density at radius 3 is 2.39 bits per heavy atom. The summed E-state index contributed by atoms with van der Waals surface area (Å²) in [5.41, 5.74) is 3.36. The van der Waals surface area contributed by atoms with Crippen LogP contribution < -0.4 is 10.2 Å². The molecule has 0 unspecified atom stereocenters. The fourth-order valence-corrected chi connectivity index (χ4v) is 2.79. The number of carbonyl (C=O) groups is 2. The van der Waals surface area contributed by atoms with E-state index in [0.29, 0.717) is 23.6 Å². The molecule has 1 aromatic rings. The Hall–Kier alpha value is -3.53. The SMILES string of the molecule is CCOC(=O)COC1=CC=C/C(=[N+](\OC)c2c(NO)cccc2OCC(=O)OCC)C1. The molecule has 0 atom stereocenters. The molecular formula is C21H27N2O8+. The first-order valence-corrected chi connectivity index (χ1v) is 9.71. The lowest BCUT2D eigenvalue weighted by Gasteiger charge is -2.14. The molecule has 0 aromatic heterocycles. The fourth-order valence-electron chi connectivity index (χ4n) is 2.79. The van der Waals surface area contributed by atoms with Crippen LogP contribution in [0.2, 0.25) is 0 Å². The average Bonchev–Trinajstić information content (AvgIpc) is 2.78. The standard InChI is InChI=1S/C21H27N2O8/c1-4-28-19(24)13-30-16-9-6-8-15(12-16)23(27-3)21-17(22-26)10-7-11-18(21)31-14-20(25)29-5-2/h6-11,22,26H,4-5,12-14H2,1-3H3/q+1/b23-15+. The van der Waals surface area contributed by atoms with Crippen LogP contribution in [0.3, 0.4) is 0 Å². The zero-order chi connectivity index (χ0) is 22.6. The molecule has 0 bridgehead atoms. The van der Waals surface area contributed by atoms with Crippen molar-refractivity contribution in [1.82, 2.24) is 0 Å². The molecule has 0 spiro atoms. The molecule has 10 nitrogen and oxygen atoms in total. The Morgan fingerprint density at radius 2 is 1.77 bits per heavy atom. The van der Waals surface area contributed by atoms with Gasteiger partial charge in [0.2, 0.25) is 5.71 Å². The van der Waals surface area contributed by atoms with Gasteiger partial charge in [-0.25, -0.2) is 9.59 Å². The second kappa shape index (κ2) is 12.2. The highest BCUT2D eigenvalue weighted by Crippen LogP contribution is 2.36. The number of hydrogen-bond donors (Lipinski definition) is 2. The highest BCUT2D eigenvalue weighted by atomic mass is 16.7. The van der Waals surface area contributed by atoms with Crippen LogP contribution in [0.15, 0.2) is 42.2 Å². The highest BCUT2D eigenvalue weighted by Gasteiger charge is 2.29. The quantitative estimate of drug-likeness (QED) is 0.307. The van der Waals surface area contributed by atoms with E-state index in [1.807, 2.05) is 0 Å². The van der Waals surface area contributed by atoms with Crippen LogP contribution in [-0.2, 0) is 28.6 Å². The van der Waals surface area contributed by atoms with Crippen molar-refractivity contribution >= 4 is 29.0 Å². The molecule has 0 heterocycles. The van der Waals surface area contributed by atoms with Crippen molar-refractivity contribution in [2.75, 3.05) is 39.0 Å². The van der Waals surface area contributed by atoms with Crippen LogP contribution in [0, 0.1) is 0 Å². The number of ether oxygens (including phenoxy) is 4. The number of allylic oxidation sites excluding steroid dienone is 4. The van der Waals surface area contributed by atoms with E-state index in [1.54, 1.807) is 50.3 Å². The van der Waals surface area contributed by atoms with Gasteiger partial charge in [0.25, 0.3) is 0 Å². The zero-order valence-corrected chi connectivity index (χ0v) is 17.8. The van der Waals surface area contributed by atoms with Gasteiger partial charge in [0.15, 0.2) is 19.0 Å². The van der Waals surface area contributed by atoms with Crippen LogP contribution in [0.1, 0.15) is 20.3 Å². The van der Waals surface area contributed by atoms with E-state index < -0.39 is 11.9 Å². The van der Waals surface area contributed by atoms with Gasteiger partial charge in [0.05, 0.1) is 19.6 Å². The average molecular weight is 435 g/mol. The number of hydrogen-bond acceptors (Lipinski definition) is 9. The number of anilines is 1. The Labute approximate surface area is 180 Å². The van der Waals surface area contributed by atoms with Crippen LogP contribution in [0.4, 0.5) is 11.4 Å². The lowest BCUT2D eigenvalue weighted by atomic mass is 10.1. The molecule has 1 aliphatic carbocycles. The number of carbonyl (C=O) groups excluding carboxylic acids is 2. The third kappa shape index (κ3) is 6.75. The van der Waals surface area contributed by atoms with Gasteiger partial charge in [-0.2, -0.15) is 0 Å². The molecule has 0 saturated carbocycles. The minimum absolute atomic E-state index is 0.212. The first-order chi connectivity index (χ1) is 15.0. The van der Waals surface area contributed by atoms with Crippen LogP contribution in [0.25, 0.3) is 0 Å². The third-order valence-electron chi connectivity index (χ3n) is 4.02. The second-order valence-electron chi connectivity index (χ2n) is 6.09. The summed E-state index contributed by atoms with van der Waals surface area (Å²) in [6.07, 6.45) is 5.54. The van der Waals surface area contributed by atoms with Crippen molar-refractivity contribution in [3.8, 4) is 5.75 Å². The Balaban J connectivity index is 2.30. The number of para-hydroxylation sites is 1. The number of benzene rings is 1. The molecule has 0 amide bonds. The minimum atomic E-state index is -0.525. The molecule has 1 aliphatic rings. The summed E-state index contributed by atoms with van der Waals surface area (Å²) in [5.74, 6) is -0.190. The number of esters is 2. The number of nitrogens with zero attached hydrogens (tertiary/aromatic N) is 1. The smallest absolute Gasteiger partial charge is 0.344 e. The molecule has 10 heteroatoms. The summed E-state index contributed by atoms with van der Waals surface area (Å²) in [4.78, 5) is 28.8. The largest absolute Gasteiger partial charge is 0.486 e. The summed E-state index contributed by atoms with van der Waals surface area (Å²) in [6, 6.07) is 4.88. The monoisotopic (exact) mass is 435 g/mol. The lowest BCUT2D eigenvalue weighted by Crippen LogP contribution is -2.21. The molecule has 31 heavy (non-hydrogen) atoms. The zero-order valence-electron chi connectivity index (χ0n) is 17.8. The van der Waals surface area contributed by atoms with Gasteiger partial charge >= 0.3 is 17.6 Å². The molecule has 168 valence electrons. The van der Waals surface area contributed by atoms with Crippen molar-refractivity contribution < 1.29 is 43.3 Å². The van der Waals surface area contributed by atoms with Crippen molar-refractivity contribution in [1.29, 1.82) is 0 Å². The molecule has 2 rings (SSSR count). The molecule has 2 N–H and O–H groups in total. The molecule has 0 radical (unpaired) electrons. The van der Waals surface area contributed by atoms with Crippen LogP contribution in [-0.4, -0.2) is 61.1 Å². The van der Waals surface area contributed by atoms with E-state index in [0.717, 1.165) is 0 Å². The van der Waals surface area contributed by atoms with E-state index in [2.05, 4.69) is 5.48 Å². The van der Waals surface area contributed by atoms with Crippen molar-refractivity contribution in [2.45, 2.75) is 20.3 Å². The van der Waals surface area contributed by atoms with Crippen molar-refractivity contribution in [3.63, 3.8) is 0 Å². The molecule has 0 fully saturated rings. The second-order valence-corrected chi connectivity index (χ2v) is 6.09. The summed E-state index contributed by atoms with van der Waals surface area (Å²) in [7, 11) is 1.45. The topological polar surface area (TPSA) is 116 Å². The Bertz CT molecular complexity index is 876. The van der Waals surface area contributed by atoms with E-state index in [4.69, 9.17) is 23.8 Å². The fraction of sp³-hybridized carbons (Fsp3) is 0.381. The Kier molecular flexibility index (Phi) is 9.37. The van der Waals surface area contributed by atoms with Gasteiger partial charge in [0.1, 0.15) is 18.6 Å². The first-order valence-electron chi connectivity index (χ1n) is 9.71. The minimum Gasteiger partial charge on any atom is -0.486 e.